The molecule has 2 N–H and O–H groups in total. The molecule has 0 radical (unpaired) electrons. The van der Waals surface area contributed by atoms with E-state index in [1.54, 1.807) is 6.20 Å². The van der Waals surface area contributed by atoms with Crippen LogP contribution in [0.25, 0.3) is 11.0 Å². The molecule has 0 aliphatic heterocycles. The zero-order chi connectivity index (χ0) is 11.2. The molecule has 0 atom stereocenters. The number of rotatable bonds is 5. The van der Waals surface area contributed by atoms with Crippen LogP contribution >= 0.6 is 0 Å². The SMILES string of the molecule is OCCCNOc1cnc2ccccc2n1. The van der Waals surface area contributed by atoms with E-state index in [4.69, 9.17) is 9.94 Å². The van der Waals surface area contributed by atoms with Crippen molar-refractivity contribution in [3.05, 3.63) is 30.5 Å². The number of nitrogens with zero attached hydrogens (tertiary/aromatic N) is 2. The summed E-state index contributed by atoms with van der Waals surface area (Å²) in [6.45, 7) is 0.713. The smallest absolute Gasteiger partial charge is 0.256 e. The normalized spacial score (nSPS) is 10.6. The molecule has 0 fully saturated rings. The molecule has 84 valence electrons. The molecule has 0 aliphatic rings. The quantitative estimate of drug-likeness (QED) is 0.577. The zero-order valence-corrected chi connectivity index (χ0v) is 8.76. The second kappa shape index (κ2) is 5.39. The Kier molecular flexibility index (Phi) is 3.63. The fourth-order valence-electron chi connectivity index (χ4n) is 1.27. The predicted molar refractivity (Wildman–Crippen MR) is 59.9 cm³/mol. The molecular formula is C11H13N3O2. The topological polar surface area (TPSA) is 67.3 Å². The Morgan fingerprint density at radius 1 is 1.25 bits per heavy atom. The molecule has 16 heavy (non-hydrogen) atoms. The van der Waals surface area contributed by atoms with Crippen molar-refractivity contribution in [2.24, 2.45) is 0 Å². The maximum absolute atomic E-state index is 8.58. The molecule has 5 heteroatoms. The van der Waals surface area contributed by atoms with Crippen LogP contribution in [0.4, 0.5) is 0 Å². The molecule has 1 heterocycles. The molecule has 2 aromatic rings. The molecule has 0 saturated carbocycles. The maximum atomic E-state index is 8.58. The average Bonchev–Trinajstić information content (AvgIpc) is 2.34. The van der Waals surface area contributed by atoms with Crippen molar-refractivity contribution in [2.75, 3.05) is 13.2 Å². The van der Waals surface area contributed by atoms with Crippen LogP contribution in [0, 0.1) is 0 Å². The summed E-state index contributed by atoms with van der Waals surface area (Å²) in [5.74, 6) is 0.427. The first-order valence-electron chi connectivity index (χ1n) is 5.12. The van der Waals surface area contributed by atoms with Crippen molar-refractivity contribution in [1.82, 2.24) is 15.4 Å². The lowest BCUT2D eigenvalue weighted by atomic mass is 10.3. The van der Waals surface area contributed by atoms with Gasteiger partial charge in [-0.1, -0.05) is 12.1 Å². The molecule has 0 saturated heterocycles. The first kappa shape index (κ1) is 10.8. The predicted octanol–water partition coefficient (Wildman–Crippen LogP) is 0.896. The van der Waals surface area contributed by atoms with Crippen molar-refractivity contribution in [2.45, 2.75) is 6.42 Å². The summed E-state index contributed by atoms with van der Waals surface area (Å²) in [7, 11) is 0. The lowest BCUT2D eigenvalue weighted by Gasteiger charge is -2.05. The standard InChI is InChI=1S/C11H13N3O2/c15-7-3-6-13-16-11-8-12-9-4-1-2-5-10(9)14-11/h1-2,4-5,8,13,15H,3,6-7H2. The Hall–Kier alpha value is -1.72. The first-order valence-corrected chi connectivity index (χ1v) is 5.12. The molecular weight excluding hydrogens is 206 g/mol. The second-order valence-electron chi connectivity index (χ2n) is 3.27. The van der Waals surface area contributed by atoms with E-state index in [0.717, 1.165) is 11.0 Å². The van der Waals surface area contributed by atoms with E-state index in [9.17, 15) is 0 Å². The minimum atomic E-state index is 0.139. The Bertz CT molecular complexity index is 462. The highest BCUT2D eigenvalue weighted by Crippen LogP contribution is 2.11. The van der Waals surface area contributed by atoms with E-state index in [2.05, 4.69) is 15.4 Å². The number of benzene rings is 1. The van der Waals surface area contributed by atoms with Crippen molar-refractivity contribution in [1.29, 1.82) is 0 Å². The summed E-state index contributed by atoms with van der Waals surface area (Å²) < 4.78 is 0. The molecule has 0 unspecified atom stereocenters. The minimum Gasteiger partial charge on any atom is -0.396 e. The van der Waals surface area contributed by atoms with E-state index < -0.39 is 0 Å². The molecule has 0 spiro atoms. The monoisotopic (exact) mass is 219 g/mol. The number of fused-ring (bicyclic) bond motifs is 1. The van der Waals surface area contributed by atoms with Crippen LogP contribution < -0.4 is 10.3 Å². The third-order valence-electron chi connectivity index (χ3n) is 2.04. The molecule has 2 rings (SSSR count). The summed E-state index contributed by atoms with van der Waals surface area (Å²) in [6.07, 6.45) is 2.20. The number of nitrogens with one attached hydrogen (secondary N) is 1. The number of aromatic nitrogens is 2. The number of aliphatic hydroxyl groups excluding tert-OH is 1. The summed E-state index contributed by atoms with van der Waals surface area (Å²) in [5.41, 5.74) is 4.34. The van der Waals surface area contributed by atoms with Crippen molar-refractivity contribution >= 4 is 11.0 Å². The van der Waals surface area contributed by atoms with Gasteiger partial charge < -0.3 is 9.94 Å². The van der Waals surface area contributed by atoms with Crippen LogP contribution in [0.5, 0.6) is 5.88 Å². The zero-order valence-electron chi connectivity index (χ0n) is 8.76. The van der Waals surface area contributed by atoms with E-state index in [0.29, 0.717) is 18.8 Å². The van der Waals surface area contributed by atoms with E-state index in [-0.39, 0.29) is 6.61 Å². The average molecular weight is 219 g/mol. The van der Waals surface area contributed by atoms with Gasteiger partial charge in [-0.05, 0) is 18.6 Å². The molecule has 1 aromatic carbocycles. The third-order valence-corrected chi connectivity index (χ3v) is 2.04. The van der Waals surface area contributed by atoms with Gasteiger partial charge >= 0.3 is 0 Å². The van der Waals surface area contributed by atoms with Gasteiger partial charge in [0.15, 0.2) is 0 Å². The Morgan fingerprint density at radius 2 is 2.06 bits per heavy atom. The van der Waals surface area contributed by atoms with Crippen molar-refractivity contribution in [3.8, 4) is 5.88 Å². The Morgan fingerprint density at radius 3 is 2.88 bits per heavy atom. The van der Waals surface area contributed by atoms with E-state index >= 15 is 0 Å². The van der Waals surface area contributed by atoms with Crippen LogP contribution in [-0.4, -0.2) is 28.2 Å². The van der Waals surface area contributed by atoms with Crippen molar-refractivity contribution in [3.63, 3.8) is 0 Å². The third kappa shape index (κ3) is 2.65. The molecule has 5 nitrogen and oxygen atoms in total. The van der Waals surface area contributed by atoms with Crippen LogP contribution in [0.2, 0.25) is 0 Å². The van der Waals surface area contributed by atoms with Gasteiger partial charge in [-0.15, -0.1) is 0 Å². The highest BCUT2D eigenvalue weighted by molar-refractivity contribution is 5.73. The van der Waals surface area contributed by atoms with Crippen LogP contribution in [0.3, 0.4) is 0 Å². The molecule has 1 aromatic heterocycles. The van der Waals surface area contributed by atoms with Gasteiger partial charge in [-0.25, -0.2) is 9.97 Å². The summed E-state index contributed by atoms with van der Waals surface area (Å²) >= 11 is 0. The number of para-hydroxylation sites is 2. The van der Waals surface area contributed by atoms with Gasteiger partial charge in [-0.2, -0.15) is 5.48 Å². The Labute approximate surface area is 93.1 Å². The van der Waals surface area contributed by atoms with Gasteiger partial charge in [0, 0.05) is 13.2 Å². The van der Waals surface area contributed by atoms with Gasteiger partial charge in [0.2, 0.25) is 0 Å². The highest BCUT2D eigenvalue weighted by Gasteiger charge is 1.99. The second-order valence-corrected chi connectivity index (χ2v) is 3.27. The largest absolute Gasteiger partial charge is 0.396 e. The number of aliphatic hydroxyl groups is 1. The first-order chi connectivity index (χ1) is 7.90. The highest BCUT2D eigenvalue weighted by atomic mass is 16.7. The fourth-order valence-corrected chi connectivity index (χ4v) is 1.27. The lowest BCUT2D eigenvalue weighted by molar-refractivity contribution is 0.173. The lowest BCUT2D eigenvalue weighted by Crippen LogP contribution is -2.21. The van der Waals surface area contributed by atoms with Crippen molar-refractivity contribution < 1.29 is 9.94 Å². The van der Waals surface area contributed by atoms with Crippen LogP contribution in [0.15, 0.2) is 30.5 Å². The summed E-state index contributed by atoms with van der Waals surface area (Å²) in [5, 5.41) is 8.58. The molecule has 0 amide bonds. The van der Waals surface area contributed by atoms with Gasteiger partial charge in [0.05, 0.1) is 17.2 Å². The summed E-state index contributed by atoms with van der Waals surface area (Å²) in [6, 6.07) is 7.59. The van der Waals surface area contributed by atoms with Gasteiger partial charge in [-0.3, -0.25) is 0 Å². The number of hydrogen-bond acceptors (Lipinski definition) is 5. The number of hydrogen-bond donors (Lipinski definition) is 2. The van der Waals surface area contributed by atoms with Gasteiger partial charge in [0.1, 0.15) is 0 Å². The van der Waals surface area contributed by atoms with Crippen LogP contribution in [0.1, 0.15) is 6.42 Å². The van der Waals surface area contributed by atoms with Crippen LogP contribution in [-0.2, 0) is 0 Å². The van der Waals surface area contributed by atoms with Gasteiger partial charge in [0.25, 0.3) is 5.88 Å². The number of hydroxylamine groups is 1. The minimum absolute atomic E-state index is 0.139. The maximum Gasteiger partial charge on any atom is 0.256 e. The summed E-state index contributed by atoms with van der Waals surface area (Å²) in [4.78, 5) is 13.6. The molecule has 0 aliphatic carbocycles. The van der Waals surface area contributed by atoms with E-state index in [1.165, 1.54) is 0 Å². The molecule has 0 bridgehead atoms. The fraction of sp³-hybridized carbons (Fsp3) is 0.273. The van der Waals surface area contributed by atoms with E-state index in [1.807, 2.05) is 24.3 Å². The Balaban J connectivity index is 2.02.